The first-order chi connectivity index (χ1) is 26.0. The van der Waals surface area contributed by atoms with E-state index < -0.39 is 0 Å². The van der Waals surface area contributed by atoms with Crippen LogP contribution >= 0.6 is 0 Å². The number of carbonyl (C=O) groups is 1. The average molecular weight is 724 g/mol. The van der Waals surface area contributed by atoms with Gasteiger partial charge in [-0.3, -0.25) is 0 Å². The summed E-state index contributed by atoms with van der Waals surface area (Å²) in [6, 6.07) is 26.1. The van der Waals surface area contributed by atoms with Gasteiger partial charge in [-0.2, -0.15) is 4.58 Å². The molecule has 0 N–H and O–H groups in total. The highest BCUT2D eigenvalue weighted by molar-refractivity contribution is 6.03. The Morgan fingerprint density at radius 3 is 2.31 bits per heavy atom. The number of nitrogens with zero attached hydrogens (tertiary/aromatic N) is 2. The molecule has 0 spiro atoms. The third kappa shape index (κ3) is 7.97. The van der Waals surface area contributed by atoms with E-state index in [9.17, 15) is 4.79 Å². The summed E-state index contributed by atoms with van der Waals surface area (Å²) in [5.74, 6) is 1.45. The molecule has 0 unspecified atom stereocenters. The fraction of sp³-hybridized carbons (Fsp3) is 0.388. The van der Waals surface area contributed by atoms with Crippen LogP contribution in [-0.4, -0.2) is 36.0 Å². The molecule has 3 aromatic rings. The summed E-state index contributed by atoms with van der Waals surface area (Å²) in [5.41, 5.74) is 11.9. The molecule has 5 nitrogen and oxygen atoms in total. The van der Waals surface area contributed by atoms with Gasteiger partial charge in [0.1, 0.15) is 18.1 Å². The molecular formula is C49H59N2O3+. The Morgan fingerprint density at radius 2 is 1.59 bits per heavy atom. The van der Waals surface area contributed by atoms with E-state index in [-0.39, 0.29) is 16.8 Å². The summed E-state index contributed by atoms with van der Waals surface area (Å²) in [5, 5.41) is 0. The number of benzene rings is 3. The molecule has 0 bridgehead atoms. The fourth-order valence-corrected chi connectivity index (χ4v) is 8.33. The highest BCUT2D eigenvalue weighted by Gasteiger charge is 2.44. The summed E-state index contributed by atoms with van der Waals surface area (Å²) < 4.78 is 14.8. The van der Waals surface area contributed by atoms with Crippen molar-refractivity contribution in [3.8, 4) is 5.75 Å². The zero-order valence-electron chi connectivity index (χ0n) is 33.6. The van der Waals surface area contributed by atoms with Gasteiger partial charge in [-0.25, -0.2) is 4.79 Å². The molecule has 0 saturated carbocycles. The molecule has 3 aliphatic rings. The van der Waals surface area contributed by atoms with Gasteiger partial charge in [0.05, 0.1) is 12.0 Å². The minimum absolute atomic E-state index is 0.105. The maximum atomic E-state index is 11.8. The van der Waals surface area contributed by atoms with E-state index >= 15 is 0 Å². The van der Waals surface area contributed by atoms with Gasteiger partial charge < -0.3 is 14.4 Å². The van der Waals surface area contributed by atoms with Gasteiger partial charge in [0.15, 0.2) is 5.71 Å². The molecule has 0 aromatic heterocycles. The smallest absolute Gasteiger partial charge is 0.333 e. The molecule has 3 aromatic carbocycles. The van der Waals surface area contributed by atoms with Crippen LogP contribution in [0.4, 0.5) is 11.4 Å². The maximum absolute atomic E-state index is 11.8. The number of ether oxygens (including phenoxy) is 2. The first kappa shape index (κ1) is 38.8. The topological polar surface area (TPSA) is 41.8 Å². The van der Waals surface area contributed by atoms with Crippen molar-refractivity contribution in [1.29, 1.82) is 0 Å². The Morgan fingerprint density at radius 1 is 0.870 bits per heavy atom. The second-order valence-corrected chi connectivity index (χ2v) is 16.0. The predicted molar refractivity (Wildman–Crippen MR) is 224 cm³/mol. The first-order valence-corrected chi connectivity index (χ1v) is 20.0. The number of hydrogen-bond acceptors (Lipinski definition) is 4. The number of fused-ring (bicyclic) bond motifs is 2. The Bertz CT molecular complexity index is 2040. The molecule has 0 atom stereocenters. The van der Waals surface area contributed by atoms with E-state index in [4.69, 9.17) is 9.47 Å². The second-order valence-electron chi connectivity index (χ2n) is 16.0. The van der Waals surface area contributed by atoms with Gasteiger partial charge >= 0.3 is 5.97 Å². The minimum atomic E-state index is -0.333. The van der Waals surface area contributed by atoms with Crippen molar-refractivity contribution in [3.05, 3.63) is 149 Å². The number of hydrogen-bond donors (Lipinski definition) is 0. The molecule has 0 radical (unpaired) electrons. The van der Waals surface area contributed by atoms with Crippen LogP contribution in [0.5, 0.6) is 5.75 Å². The molecule has 54 heavy (non-hydrogen) atoms. The Kier molecular flexibility index (Phi) is 12.0. The van der Waals surface area contributed by atoms with Crippen LogP contribution in [0, 0.1) is 0 Å². The van der Waals surface area contributed by atoms with Gasteiger partial charge in [-0.15, -0.1) is 0 Å². The van der Waals surface area contributed by atoms with Crippen LogP contribution < -0.4 is 9.64 Å². The number of rotatable bonds is 14. The molecular weight excluding hydrogens is 665 g/mol. The van der Waals surface area contributed by atoms with Gasteiger partial charge in [0, 0.05) is 53.0 Å². The third-order valence-corrected chi connectivity index (χ3v) is 11.2. The highest BCUT2D eigenvalue weighted by Crippen LogP contribution is 2.48. The monoisotopic (exact) mass is 723 g/mol. The number of allylic oxidation sites excluding steroid dienone is 7. The van der Waals surface area contributed by atoms with Crippen molar-refractivity contribution >= 4 is 23.1 Å². The van der Waals surface area contributed by atoms with E-state index in [0.29, 0.717) is 12.2 Å². The SMILES string of the molecule is C=C(C)C(=O)OCCCc1ccc(OC2=C(C=CC3=[N+](CCC)c4ccccc4C3(C)C)CCCC2=CC=C2N(CCC)c3ccccc3C2(C)C)cc1. The maximum Gasteiger partial charge on any atom is 0.333 e. The lowest BCUT2D eigenvalue weighted by Gasteiger charge is -2.27. The van der Waals surface area contributed by atoms with Crippen molar-refractivity contribution < 1.29 is 18.8 Å². The van der Waals surface area contributed by atoms with E-state index in [1.54, 1.807) is 6.92 Å². The largest absolute Gasteiger partial charge is 0.462 e. The molecule has 2 aliphatic heterocycles. The zero-order valence-corrected chi connectivity index (χ0v) is 33.6. The molecule has 1 aliphatic carbocycles. The van der Waals surface area contributed by atoms with Crippen LogP contribution in [0.3, 0.4) is 0 Å². The average Bonchev–Trinajstić information content (AvgIpc) is 3.51. The van der Waals surface area contributed by atoms with Gasteiger partial charge in [0.25, 0.3) is 0 Å². The van der Waals surface area contributed by atoms with Crippen molar-refractivity contribution in [1.82, 2.24) is 0 Å². The third-order valence-electron chi connectivity index (χ3n) is 11.2. The van der Waals surface area contributed by atoms with E-state index in [1.165, 1.54) is 50.6 Å². The quantitative estimate of drug-likeness (QED) is 0.0719. The van der Waals surface area contributed by atoms with Gasteiger partial charge in [-0.05, 0) is 112 Å². The Balaban J connectivity index is 1.36. The van der Waals surface area contributed by atoms with Crippen molar-refractivity contribution in [2.75, 3.05) is 24.6 Å². The summed E-state index contributed by atoms with van der Waals surface area (Å²) in [4.78, 5) is 14.3. The lowest BCUT2D eigenvalue weighted by atomic mass is 9.81. The lowest BCUT2D eigenvalue weighted by molar-refractivity contribution is -0.437. The Labute approximate surface area is 324 Å². The van der Waals surface area contributed by atoms with Crippen LogP contribution in [0.15, 0.2) is 132 Å². The fourth-order valence-electron chi connectivity index (χ4n) is 8.33. The predicted octanol–water partition coefficient (Wildman–Crippen LogP) is 11.6. The highest BCUT2D eigenvalue weighted by atomic mass is 16.5. The molecule has 5 heteroatoms. The molecule has 0 amide bonds. The number of esters is 1. The molecule has 0 fully saturated rings. The number of anilines is 1. The Hall–Kier alpha value is -4.90. The minimum Gasteiger partial charge on any atom is -0.462 e. The van der Waals surface area contributed by atoms with Crippen LogP contribution in [0.25, 0.3) is 0 Å². The number of carbonyl (C=O) groups excluding carboxylic acids is 1. The standard InChI is InChI=1S/C49H59N2O3/c1-9-32-50-42-22-13-11-20-40(42)48(5,6)44(50)30-26-37-18-15-19-38(27-31-45-49(7,8)41-21-12-14-23-43(41)51(45)33-10-2)46(37)54-39-28-24-36(25-29-39)17-16-34-53-47(52)35(3)4/h11-14,20-31H,3,9-10,15-19,32-34H2,1-2,4-8H3/q+1. The lowest BCUT2D eigenvalue weighted by Crippen LogP contribution is -2.28. The number of aryl methyl sites for hydroxylation is 1. The van der Waals surface area contributed by atoms with Crippen molar-refractivity contribution in [2.45, 2.75) is 104 Å². The van der Waals surface area contributed by atoms with Crippen LogP contribution in [0.2, 0.25) is 0 Å². The summed E-state index contributed by atoms with van der Waals surface area (Å²) >= 11 is 0. The molecule has 282 valence electrons. The van der Waals surface area contributed by atoms with Crippen LogP contribution in [-0.2, 0) is 26.8 Å². The summed E-state index contributed by atoms with van der Waals surface area (Å²) in [7, 11) is 0. The van der Waals surface area contributed by atoms with Crippen LogP contribution in [0.1, 0.15) is 104 Å². The van der Waals surface area contributed by atoms with Gasteiger partial charge in [0.2, 0.25) is 5.69 Å². The number of para-hydroxylation sites is 2. The van der Waals surface area contributed by atoms with Crippen molar-refractivity contribution in [3.63, 3.8) is 0 Å². The molecule has 2 heterocycles. The molecule has 6 rings (SSSR count). The zero-order chi connectivity index (χ0) is 38.5. The summed E-state index contributed by atoms with van der Waals surface area (Å²) in [6.45, 7) is 21.6. The van der Waals surface area contributed by atoms with E-state index in [2.05, 4.69) is 155 Å². The normalized spacial score (nSPS) is 18.8. The summed E-state index contributed by atoms with van der Waals surface area (Å²) in [6.07, 6.45) is 16.1. The first-order valence-electron chi connectivity index (χ1n) is 20.0. The van der Waals surface area contributed by atoms with E-state index in [0.717, 1.165) is 69.5 Å². The molecule has 0 saturated heterocycles. The van der Waals surface area contributed by atoms with Crippen molar-refractivity contribution in [2.24, 2.45) is 0 Å². The van der Waals surface area contributed by atoms with Gasteiger partial charge in [-0.1, -0.05) is 88.9 Å². The second kappa shape index (κ2) is 16.6. The van der Waals surface area contributed by atoms with E-state index in [1.807, 2.05) is 0 Å².